The summed E-state index contributed by atoms with van der Waals surface area (Å²) in [5.74, 6) is -0.819. The van der Waals surface area contributed by atoms with Gasteiger partial charge in [-0.15, -0.1) is 0 Å². The molecule has 2 aromatic carbocycles. The average molecular weight is 393 g/mol. The summed E-state index contributed by atoms with van der Waals surface area (Å²) in [5, 5.41) is -0.670. The third kappa shape index (κ3) is 5.29. The van der Waals surface area contributed by atoms with Crippen LogP contribution in [0.15, 0.2) is 48.5 Å². The van der Waals surface area contributed by atoms with Crippen LogP contribution in [0.3, 0.4) is 0 Å². The van der Waals surface area contributed by atoms with E-state index in [1.54, 1.807) is 30.3 Å². The number of amides is 1. The van der Waals surface area contributed by atoms with Gasteiger partial charge in [-0.3, -0.25) is 4.79 Å². The maximum absolute atomic E-state index is 14.0. The summed E-state index contributed by atoms with van der Waals surface area (Å²) in [6.45, 7) is 6.94. The van der Waals surface area contributed by atoms with E-state index in [2.05, 4.69) is 0 Å². The molecule has 7 heteroatoms. The minimum absolute atomic E-state index is 0.000917. The molecular weight excluding hydrogens is 369 g/mol. The summed E-state index contributed by atoms with van der Waals surface area (Å²) in [7, 11) is -3.71. The first-order valence-electron chi connectivity index (χ1n) is 8.69. The lowest BCUT2D eigenvalue weighted by Crippen LogP contribution is -2.36. The Bertz CT molecular complexity index is 910. The molecule has 146 valence electrons. The minimum Gasteiger partial charge on any atom is -0.382 e. The predicted molar refractivity (Wildman–Crippen MR) is 103 cm³/mol. The van der Waals surface area contributed by atoms with Gasteiger partial charge in [0.15, 0.2) is 0 Å². The van der Waals surface area contributed by atoms with Crippen molar-refractivity contribution >= 4 is 16.0 Å². The highest BCUT2D eigenvalue weighted by Gasteiger charge is 2.22. The SMILES string of the molecule is CC(C)N(Cc1cccc(OS(=O)(=O)C(C)C)c1)C(=O)c1ccccc1F. The summed E-state index contributed by atoms with van der Waals surface area (Å²) in [6.07, 6.45) is 0. The number of hydrogen-bond acceptors (Lipinski definition) is 4. The smallest absolute Gasteiger partial charge is 0.311 e. The molecule has 0 N–H and O–H groups in total. The van der Waals surface area contributed by atoms with Gasteiger partial charge in [0.05, 0.1) is 10.8 Å². The van der Waals surface area contributed by atoms with Crippen LogP contribution in [0.5, 0.6) is 5.75 Å². The summed E-state index contributed by atoms with van der Waals surface area (Å²) in [4.78, 5) is 14.3. The van der Waals surface area contributed by atoms with Crippen molar-refractivity contribution in [1.29, 1.82) is 0 Å². The molecular formula is C20H24FNO4S. The second-order valence-corrected chi connectivity index (χ2v) is 8.87. The number of benzene rings is 2. The summed E-state index contributed by atoms with van der Waals surface area (Å²) in [5.41, 5.74) is 0.686. The fraction of sp³-hybridized carbons (Fsp3) is 0.350. The zero-order chi connectivity index (χ0) is 20.2. The highest BCUT2D eigenvalue weighted by molar-refractivity contribution is 7.87. The quantitative estimate of drug-likeness (QED) is 0.667. The number of hydrogen-bond donors (Lipinski definition) is 0. The van der Waals surface area contributed by atoms with E-state index in [1.807, 2.05) is 13.8 Å². The van der Waals surface area contributed by atoms with E-state index in [9.17, 15) is 17.6 Å². The van der Waals surface area contributed by atoms with Crippen molar-refractivity contribution in [3.8, 4) is 5.75 Å². The lowest BCUT2D eigenvalue weighted by atomic mass is 10.1. The number of carbonyl (C=O) groups excluding carboxylic acids is 1. The molecule has 0 aliphatic heterocycles. The molecule has 2 aromatic rings. The third-order valence-electron chi connectivity index (χ3n) is 4.03. The normalized spacial score (nSPS) is 11.7. The fourth-order valence-corrected chi connectivity index (χ4v) is 2.97. The van der Waals surface area contributed by atoms with E-state index in [1.165, 1.54) is 36.9 Å². The van der Waals surface area contributed by atoms with Crippen molar-refractivity contribution in [3.63, 3.8) is 0 Å². The first kappa shape index (κ1) is 20.9. The minimum atomic E-state index is -3.71. The third-order valence-corrected chi connectivity index (χ3v) is 5.61. The summed E-state index contributed by atoms with van der Waals surface area (Å²) in [6, 6.07) is 12.2. The first-order valence-corrected chi connectivity index (χ1v) is 10.2. The van der Waals surface area contributed by atoms with Crippen molar-refractivity contribution in [1.82, 2.24) is 4.90 Å². The number of halogens is 1. The molecule has 0 fully saturated rings. The van der Waals surface area contributed by atoms with Crippen LogP contribution in [-0.4, -0.2) is 30.5 Å². The average Bonchev–Trinajstić information content (AvgIpc) is 2.59. The first-order chi connectivity index (χ1) is 12.6. The Labute approximate surface area is 159 Å². The Hall–Kier alpha value is -2.41. The number of rotatable bonds is 7. The monoisotopic (exact) mass is 393 g/mol. The van der Waals surface area contributed by atoms with Crippen LogP contribution in [0, 0.1) is 5.82 Å². The number of nitrogens with zero attached hydrogens (tertiary/aromatic N) is 1. The van der Waals surface area contributed by atoms with Crippen molar-refractivity contribution in [3.05, 3.63) is 65.5 Å². The topological polar surface area (TPSA) is 63.7 Å². The van der Waals surface area contributed by atoms with Gasteiger partial charge in [0.2, 0.25) is 0 Å². The maximum Gasteiger partial charge on any atom is 0.311 e. The van der Waals surface area contributed by atoms with E-state index in [0.717, 1.165) is 0 Å². The predicted octanol–water partition coefficient (Wildman–Crippen LogP) is 3.99. The lowest BCUT2D eigenvalue weighted by Gasteiger charge is -2.27. The zero-order valence-corrected chi connectivity index (χ0v) is 16.7. The van der Waals surface area contributed by atoms with Gasteiger partial charge in [-0.2, -0.15) is 8.42 Å². The van der Waals surface area contributed by atoms with E-state index in [0.29, 0.717) is 5.56 Å². The molecule has 0 aromatic heterocycles. The Balaban J connectivity index is 2.26. The largest absolute Gasteiger partial charge is 0.382 e. The van der Waals surface area contributed by atoms with Gasteiger partial charge in [-0.05, 0) is 57.5 Å². The number of carbonyl (C=O) groups is 1. The van der Waals surface area contributed by atoms with Crippen molar-refractivity contribution < 1.29 is 21.8 Å². The van der Waals surface area contributed by atoms with E-state index in [-0.39, 0.29) is 23.9 Å². The van der Waals surface area contributed by atoms with Crippen LogP contribution in [0.2, 0.25) is 0 Å². The second kappa shape index (κ2) is 8.52. The molecule has 0 radical (unpaired) electrons. The molecule has 0 spiro atoms. The van der Waals surface area contributed by atoms with Crippen LogP contribution >= 0.6 is 0 Å². The van der Waals surface area contributed by atoms with Crippen LogP contribution in [0.4, 0.5) is 4.39 Å². The Morgan fingerprint density at radius 1 is 1.07 bits per heavy atom. The summed E-state index contributed by atoms with van der Waals surface area (Å²) < 4.78 is 43.0. The Kier molecular flexibility index (Phi) is 6.59. The maximum atomic E-state index is 14.0. The van der Waals surface area contributed by atoms with Gasteiger partial charge in [0.1, 0.15) is 11.6 Å². The van der Waals surface area contributed by atoms with E-state index in [4.69, 9.17) is 4.18 Å². The second-order valence-electron chi connectivity index (χ2n) is 6.78. The van der Waals surface area contributed by atoms with Crippen LogP contribution in [0.1, 0.15) is 43.6 Å². The van der Waals surface area contributed by atoms with Gasteiger partial charge >= 0.3 is 10.1 Å². The molecule has 27 heavy (non-hydrogen) atoms. The van der Waals surface area contributed by atoms with Gasteiger partial charge in [-0.1, -0.05) is 24.3 Å². The molecule has 0 aliphatic rings. The lowest BCUT2D eigenvalue weighted by molar-refractivity contribution is 0.0685. The highest BCUT2D eigenvalue weighted by atomic mass is 32.2. The molecule has 0 heterocycles. The molecule has 0 bridgehead atoms. The zero-order valence-electron chi connectivity index (χ0n) is 15.8. The summed E-state index contributed by atoms with van der Waals surface area (Å²) >= 11 is 0. The molecule has 5 nitrogen and oxygen atoms in total. The van der Waals surface area contributed by atoms with Crippen molar-refractivity contribution in [2.75, 3.05) is 0 Å². The van der Waals surface area contributed by atoms with E-state index < -0.39 is 27.1 Å². The van der Waals surface area contributed by atoms with Crippen molar-refractivity contribution in [2.45, 2.75) is 45.5 Å². The van der Waals surface area contributed by atoms with E-state index >= 15 is 0 Å². The standard InChI is InChI=1S/C20H24FNO4S/c1-14(2)22(20(23)18-10-5-6-11-19(18)21)13-16-8-7-9-17(12-16)26-27(24,25)15(3)4/h5-12,14-15H,13H2,1-4H3. The van der Waals surface area contributed by atoms with Crippen LogP contribution in [-0.2, 0) is 16.7 Å². The van der Waals surface area contributed by atoms with Crippen LogP contribution in [0.25, 0.3) is 0 Å². The molecule has 0 atom stereocenters. The molecule has 1 amide bonds. The van der Waals surface area contributed by atoms with Crippen LogP contribution < -0.4 is 4.18 Å². The molecule has 0 saturated heterocycles. The molecule has 0 aliphatic carbocycles. The fourth-order valence-electron chi connectivity index (χ4n) is 2.40. The highest BCUT2D eigenvalue weighted by Crippen LogP contribution is 2.21. The van der Waals surface area contributed by atoms with Gasteiger partial charge in [0, 0.05) is 12.6 Å². The Morgan fingerprint density at radius 3 is 2.33 bits per heavy atom. The molecule has 0 saturated carbocycles. The molecule has 2 rings (SSSR count). The molecule has 0 unspecified atom stereocenters. The Morgan fingerprint density at radius 2 is 1.74 bits per heavy atom. The van der Waals surface area contributed by atoms with Gasteiger partial charge in [-0.25, -0.2) is 4.39 Å². The van der Waals surface area contributed by atoms with Gasteiger partial charge in [0.25, 0.3) is 5.91 Å². The van der Waals surface area contributed by atoms with Crippen molar-refractivity contribution in [2.24, 2.45) is 0 Å². The van der Waals surface area contributed by atoms with Gasteiger partial charge < -0.3 is 9.08 Å².